The van der Waals surface area contributed by atoms with Gasteiger partial charge in [0, 0.05) is 24.1 Å². The summed E-state index contributed by atoms with van der Waals surface area (Å²) in [6, 6.07) is 6.82. The first-order chi connectivity index (χ1) is 7.81. The third-order valence-electron chi connectivity index (χ3n) is 3.21. The van der Waals surface area contributed by atoms with Crippen molar-refractivity contribution in [2.75, 3.05) is 5.32 Å². The normalized spacial score (nSPS) is 24.1. The lowest BCUT2D eigenvalue weighted by molar-refractivity contribution is 0.309. The quantitative estimate of drug-likeness (QED) is 0.833. The molecule has 0 aliphatic heterocycles. The number of rotatable bonds is 2. The lowest BCUT2D eigenvalue weighted by atomic mass is 9.82. The highest BCUT2D eigenvalue weighted by Crippen LogP contribution is 2.29. The second kappa shape index (κ2) is 3.74. The van der Waals surface area contributed by atoms with Crippen molar-refractivity contribution in [1.29, 1.82) is 0 Å². The van der Waals surface area contributed by atoms with Crippen molar-refractivity contribution in [3.05, 3.63) is 30.6 Å². The van der Waals surface area contributed by atoms with Gasteiger partial charge >= 0.3 is 0 Å². The van der Waals surface area contributed by atoms with E-state index in [1.807, 2.05) is 6.07 Å². The highest BCUT2D eigenvalue weighted by atomic mass is 14.9. The van der Waals surface area contributed by atoms with Crippen LogP contribution in [0, 0.1) is 5.92 Å². The third-order valence-corrected chi connectivity index (χ3v) is 3.21. The van der Waals surface area contributed by atoms with Crippen LogP contribution in [0.2, 0.25) is 0 Å². The van der Waals surface area contributed by atoms with Gasteiger partial charge in [-0.3, -0.25) is 9.97 Å². The molecule has 0 amide bonds. The monoisotopic (exact) mass is 213 g/mol. The van der Waals surface area contributed by atoms with E-state index in [0.717, 1.165) is 22.6 Å². The van der Waals surface area contributed by atoms with Gasteiger partial charge < -0.3 is 5.32 Å². The van der Waals surface area contributed by atoms with Crippen LogP contribution in [0.5, 0.6) is 0 Å². The fourth-order valence-electron chi connectivity index (χ4n) is 2.31. The minimum absolute atomic E-state index is 0.643. The van der Waals surface area contributed by atoms with Gasteiger partial charge in [0.05, 0.1) is 11.0 Å². The zero-order valence-corrected chi connectivity index (χ0v) is 9.35. The molecule has 82 valence electrons. The minimum Gasteiger partial charge on any atom is -0.382 e. The van der Waals surface area contributed by atoms with Crippen molar-refractivity contribution in [1.82, 2.24) is 9.97 Å². The number of anilines is 1. The summed E-state index contributed by atoms with van der Waals surface area (Å²) in [5.74, 6) is 0.873. The number of nitrogens with one attached hydrogen (secondary N) is 1. The molecule has 1 aliphatic rings. The van der Waals surface area contributed by atoms with Gasteiger partial charge in [0.1, 0.15) is 0 Å². The Morgan fingerprint density at radius 2 is 1.88 bits per heavy atom. The number of nitrogens with zero attached hydrogens (tertiary/aromatic N) is 2. The maximum atomic E-state index is 4.31. The molecular weight excluding hydrogens is 198 g/mol. The van der Waals surface area contributed by atoms with Crippen molar-refractivity contribution < 1.29 is 0 Å². The molecule has 0 bridgehead atoms. The maximum Gasteiger partial charge on any atom is 0.0907 e. The zero-order valence-electron chi connectivity index (χ0n) is 9.35. The van der Waals surface area contributed by atoms with Gasteiger partial charge in [0.2, 0.25) is 0 Å². The van der Waals surface area contributed by atoms with Gasteiger partial charge in [0.25, 0.3) is 0 Å². The van der Waals surface area contributed by atoms with Gasteiger partial charge in [-0.05, 0) is 37.0 Å². The lowest BCUT2D eigenvalue weighted by Gasteiger charge is -2.34. The Balaban J connectivity index is 1.82. The van der Waals surface area contributed by atoms with Crippen LogP contribution >= 0.6 is 0 Å². The van der Waals surface area contributed by atoms with E-state index in [1.165, 1.54) is 12.8 Å². The van der Waals surface area contributed by atoms with E-state index in [4.69, 9.17) is 0 Å². The summed E-state index contributed by atoms with van der Waals surface area (Å²) in [5.41, 5.74) is 3.07. The van der Waals surface area contributed by atoms with E-state index in [0.29, 0.717) is 6.04 Å². The van der Waals surface area contributed by atoms with Gasteiger partial charge in [-0.2, -0.15) is 0 Å². The Kier molecular flexibility index (Phi) is 2.24. The fourth-order valence-corrected chi connectivity index (χ4v) is 2.31. The number of hydrogen-bond acceptors (Lipinski definition) is 3. The minimum atomic E-state index is 0.643. The smallest absolute Gasteiger partial charge is 0.0907 e. The van der Waals surface area contributed by atoms with Gasteiger partial charge in [-0.1, -0.05) is 6.92 Å². The summed E-state index contributed by atoms with van der Waals surface area (Å²) in [4.78, 5) is 8.56. The number of aromatic nitrogens is 2. The Bertz CT molecular complexity index is 503. The van der Waals surface area contributed by atoms with E-state index in [9.17, 15) is 0 Å². The van der Waals surface area contributed by atoms with Crippen LogP contribution in [0.4, 0.5) is 5.69 Å². The molecule has 1 aromatic heterocycles. The molecule has 1 fully saturated rings. The summed E-state index contributed by atoms with van der Waals surface area (Å²) in [5, 5.41) is 3.53. The summed E-state index contributed by atoms with van der Waals surface area (Å²) >= 11 is 0. The molecule has 1 N–H and O–H groups in total. The zero-order chi connectivity index (χ0) is 11.0. The van der Waals surface area contributed by atoms with Crippen molar-refractivity contribution in [3.8, 4) is 0 Å². The molecule has 0 saturated heterocycles. The maximum absolute atomic E-state index is 4.31. The molecule has 0 atom stereocenters. The second-order valence-electron chi connectivity index (χ2n) is 4.68. The first-order valence-electron chi connectivity index (χ1n) is 5.78. The Labute approximate surface area is 94.9 Å². The van der Waals surface area contributed by atoms with E-state index < -0.39 is 0 Å². The molecule has 3 heteroatoms. The summed E-state index contributed by atoms with van der Waals surface area (Å²) in [7, 11) is 0. The van der Waals surface area contributed by atoms with Crippen LogP contribution in [0.3, 0.4) is 0 Å². The molecule has 16 heavy (non-hydrogen) atoms. The Morgan fingerprint density at radius 3 is 2.62 bits per heavy atom. The molecule has 0 spiro atoms. The molecule has 0 radical (unpaired) electrons. The lowest BCUT2D eigenvalue weighted by Crippen LogP contribution is -2.33. The Hall–Kier alpha value is -1.64. The average molecular weight is 213 g/mol. The van der Waals surface area contributed by atoms with Crippen LogP contribution in [0.1, 0.15) is 19.8 Å². The summed E-state index contributed by atoms with van der Waals surface area (Å²) < 4.78 is 0. The van der Waals surface area contributed by atoms with Crippen LogP contribution in [0.15, 0.2) is 30.6 Å². The van der Waals surface area contributed by atoms with Crippen LogP contribution in [0.25, 0.3) is 11.0 Å². The Morgan fingerprint density at radius 1 is 1.12 bits per heavy atom. The standard InChI is InChI=1S/C13H15N3/c1-9-6-11(7-9)16-10-2-3-12-13(8-10)15-5-4-14-12/h2-5,8-9,11,16H,6-7H2,1H3. The highest BCUT2D eigenvalue weighted by Gasteiger charge is 2.24. The van der Waals surface area contributed by atoms with E-state index in [1.54, 1.807) is 12.4 Å². The van der Waals surface area contributed by atoms with Crippen molar-refractivity contribution >= 4 is 16.7 Å². The van der Waals surface area contributed by atoms with Crippen molar-refractivity contribution in [2.24, 2.45) is 5.92 Å². The van der Waals surface area contributed by atoms with Crippen molar-refractivity contribution in [2.45, 2.75) is 25.8 Å². The molecule has 1 aromatic carbocycles. The molecule has 3 rings (SSSR count). The van der Waals surface area contributed by atoms with Crippen LogP contribution in [-0.4, -0.2) is 16.0 Å². The van der Waals surface area contributed by atoms with E-state index in [-0.39, 0.29) is 0 Å². The predicted octanol–water partition coefficient (Wildman–Crippen LogP) is 2.84. The topological polar surface area (TPSA) is 37.8 Å². The average Bonchev–Trinajstić information content (AvgIpc) is 2.27. The van der Waals surface area contributed by atoms with Crippen molar-refractivity contribution in [3.63, 3.8) is 0 Å². The van der Waals surface area contributed by atoms with Crippen LogP contribution in [-0.2, 0) is 0 Å². The van der Waals surface area contributed by atoms with E-state index in [2.05, 4.69) is 34.3 Å². The van der Waals surface area contributed by atoms with Gasteiger partial charge in [-0.25, -0.2) is 0 Å². The SMILES string of the molecule is CC1CC(Nc2ccc3nccnc3c2)C1. The number of benzene rings is 1. The molecule has 2 aromatic rings. The largest absolute Gasteiger partial charge is 0.382 e. The van der Waals surface area contributed by atoms with Crippen LogP contribution < -0.4 is 5.32 Å². The predicted molar refractivity (Wildman–Crippen MR) is 65.3 cm³/mol. The van der Waals surface area contributed by atoms with Gasteiger partial charge in [-0.15, -0.1) is 0 Å². The highest BCUT2D eigenvalue weighted by molar-refractivity contribution is 5.78. The van der Waals surface area contributed by atoms with E-state index >= 15 is 0 Å². The molecule has 1 aliphatic carbocycles. The first kappa shape index (κ1) is 9.58. The molecular formula is C13H15N3. The first-order valence-corrected chi connectivity index (χ1v) is 5.78. The number of fused-ring (bicyclic) bond motifs is 1. The molecule has 0 unspecified atom stereocenters. The molecule has 3 nitrogen and oxygen atoms in total. The third kappa shape index (κ3) is 1.73. The number of hydrogen-bond donors (Lipinski definition) is 1. The summed E-state index contributed by atoms with van der Waals surface area (Å²) in [6.07, 6.45) is 6.01. The summed E-state index contributed by atoms with van der Waals surface area (Å²) in [6.45, 7) is 2.30. The second-order valence-corrected chi connectivity index (χ2v) is 4.68. The van der Waals surface area contributed by atoms with Gasteiger partial charge in [0.15, 0.2) is 0 Å². The molecule has 1 heterocycles. The molecule has 1 saturated carbocycles. The fraction of sp³-hybridized carbons (Fsp3) is 0.385.